The molecule has 3 rings (SSSR count). The lowest BCUT2D eigenvalue weighted by atomic mass is 9.87. The van der Waals surface area contributed by atoms with Crippen molar-refractivity contribution in [3.63, 3.8) is 0 Å². The zero-order chi connectivity index (χ0) is 11.2. The van der Waals surface area contributed by atoms with Crippen LogP contribution >= 0.6 is 11.6 Å². The molecule has 0 unspecified atom stereocenters. The van der Waals surface area contributed by atoms with Crippen LogP contribution in [0, 0.1) is 11.3 Å². The van der Waals surface area contributed by atoms with Gasteiger partial charge in [-0.25, -0.2) is 9.50 Å². The number of rotatable bonds is 1. The first-order valence-corrected chi connectivity index (χ1v) is 5.13. The van der Waals surface area contributed by atoms with Gasteiger partial charge in [0.2, 0.25) is 0 Å². The fourth-order valence-electron chi connectivity index (χ4n) is 1.61. The van der Waals surface area contributed by atoms with Gasteiger partial charge in [-0.05, 0) is 12.1 Å². The van der Waals surface area contributed by atoms with E-state index in [4.69, 9.17) is 21.6 Å². The van der Waals surface area contributed by atoms with Gasteiger partial charge in [0, 0.05) is 6.20 Å². The first-order valence-electron chi connectivity index (χ1n) is 4.75. The normalized spacial score (nSPS) is 18.0. The third-order valence-electron chi connectivity index (χ3n) is 2.63. The maximum Gasteiger partial charge on any atom is 0.176 e. The van der Waals surface area contributed by atoms with Gasteiger partial charge in [-0.2, -0.15) is 5.26 Å². The van der Waals surface area contributed by atoms with Gasteiger partial charge in [0.15, 0.2) is 16.9 Å². The average molecular weight is 235 g/mol. The van der Waals surface area contributed by atoms with Gasteiger partial charge in [0.1, 0.15) is 0 Å². The van der Waals surface area contributed by atoms with Crippen LogP contribution in [0.15, 0.2) is 18.3 Å². The van der Waals surface area contributed by atoms with Crippen molar-refractivity contribution in [2.24, 2.45) is 0 Å². The number of fused-ring (bicyclic) bond motifs is 1. The minimum atomic E-state index is -0.682. The van der Waals surface area contributed by atoms with Gasteiger partial charge in [-0.1, -0.05) is 11.6 Å². The predicted octanol–water partition coefficient (Wildman–Crippen LogP) is 1.17. The highest BCUT2D eigenvalue weighted by Crippen LogP contribution is 2.29. The van der Waals surface area contributed by atoms with Crippen molar-refractivity contribution in [2.75, 3.05) is 13.2 Å². The maximum absolute atomic E-state index is 9.12. The van der Waals surface area contributed by atoms with Crippen molar-refractivity contribution in [1.82, 2.24) is 14.6 Å². The summed E-state index contributed by atoms with van der Waals surface area (Å²) in [5.74, 6) is 0.503. The van der Waals surface area contributed by atoms with E-state index in [0.717, 1.165) is 0 Å². The summed E-state index contributed by atoms with van der Waals surface area (Å²) in [4.78, 5) is 4.31. The molecule has 0 amide bonds. The van der Waals surface area contributed by atoms with Crippen molar-refractivity contribution in [3.05, 3.63) is 29.2 Å². The average Bonchev–Trinajstić information content (AvgIpc) is 2.60. The van der Waals surface area contributed by atoms with E-state index in [1.165, 1.54) is 0 Å². The molecule has 1 aliphatic heterocycles. The zero-order valence-electron chi connectivity index (χ0n) is 8.22. The Labute approximate surface area is 96.2 Å². The Morgan fingerprint density at radius 1 is 1.50 bits per heavy atom. The minimum absolute atomic E-state index is 0.355. The third-order valence-corrected chi connectivity index (χ3v) is 2.86. The molecule has 0 spiro atoms. The summed E-state index contributed by atoms with van der Waals surface area (Å²) in [6.07, 6.45) is 1.66. The van der Waals surface area contributed by atoms with E-state index >= 15 is 0 Å². The van der Waals surface area contributed by atoms with E-state index in [9.17, 15) is 0 Å². The molecule has 1 saturated heterocycles. The number of nitriles is 1. The van der Waals surface area contributed by atoms with Gasteiger partial charge in [-0.3, -0.25) is 0 Å². The van der Waals surface area contributed by atoms with Crippen molar-refractivity contribution < 1.29 is 4.74 Å². The van der Waals surface area contributed by atoms with Gasteiger partial charge in [0.05, 0.1) is 24.3 Å². The molecular weight excluding hydrogens is 228 g/mol. The molecule has 5 nitrogen and oxygen atoms in total. The molecule has 16 heavy (non-hydrogen) atoms. The van der Waals surface area contributed by atoms with Crippen LogP contribution in [0.25, 0.3) is 5.65 Å². The number of nitrogens with zero attached hydrogens (tertiary/aromatic N) is 4. The SMILES string of the molecule is N#CC1(c2nc3ccc(Cl)cn3n2)COC1. The molecule has 80 valence electrons. The fraction of sp³-hybridized carbons (Fsp3) is 0.300. The van der Waals surface area contributed by atoms with Crippen LogP contribution < -0.4 is 0 Å². The summed E-state index contributed by atoms with van der Waals surface area (Å²) in [7, 11) is 0. The lowest BCUT2D eigenvalue weighted by molar-refractivity contribution is -0.0337. The van der Waals surface area contributed by atoms with Crippen LogP contribution in [-0.4, -0.2) is 27.8 Å². The molecule has 0 N–H and O–H groups in total. The Morgan fingerprint density at radius 2 is 2.31 bits per heavy atom. The summed E-state index contributed by atoms with van der Waals surface area (Å²) in [5.41, 5.74) is -0.000635. The first kappa shape index (κ1) is 9.58. The van der Waals surface area contributed by atoms with Crippen molar-refractivity contribution in [2.45, 2.75) is 5.41 Å². The summed E-state index contributed by atoms with van der Waals surface area (Å²) >= 11 is 5.85. The van der Waals surface area contributed by atoms with E-state index in [1.807, 2.05) is 0 Å². The topological polar surface area (TPSA) is 63.2 Å². The largest absolute Gasteiger partial charge is 0.377 e. The summed E-state index contributed by atoms with van der Waals surface area (Å²) in [6.45, 7) is 0.711. The maximum atomic E-state index is 9.12. The summed E-state index contributed by atoms with van der Waals surface area (Å²) in [6, 6.07) is 5.72. The molecule has 2 aromatic rings. The van der Waals surface area contributed by atoms with E-state index in [-0.39, 0.29) is 0 Å². The minimum Gasteiger partial charge on any atom is -0.377 e. The second-order valence-corrected chi connectivity index (χ2v) is 4.21. The number of hydrogen-bond donors (Lipinski definition) is 0. The number of halogens is 1. The smallest absolute Gasteiger partial charge is 0.176 e. The predicted molar refractivity (Wildman–Crippen MR) is 56.1 cm³/mol. The molecule has 0 bridgehead atoms. The van der Waals surface area contributed by atoms with Gasteiger partial charge in [-0.15, -0.1) is 5.10 Å². The lowest BCUT2D eigenvalue weighted by Crippen LogP contribution is -2.46. The Kier molecular flexibility index (Phi) is 1.90. The van der Waals surface area contributed by atoms with Crippen LogP contribution in [0.4, 0.5) is 0 Å². The molecule has 6 heteroatoms. The molecule has 2 aromatic heterocycles. The van der Waals surface area contributed by atoms with Crippen LogP contribution in [0.2, 0.25) is 5.02 Å². The Hall–Kier alpha value is -1.64. The number of ether oxygens (including phenoxy) is 1. The van der Waals surface area contributed by atoms with E-state index in [2.05, 4.69) is 16.2 Å². The van der Waals surface area contributed by atoms with Crippen molar-refractivity contribution >= 4 is 17.2 Å². The van der Waals surface area contributed by atoms with Crippen LogP contribution in [0.5, 0.6) is 0 Å². The number of aromatic nitrogens is 3. The fourth-order valence-corrected chi connectivity index (χ4v) is 1.77. The van der Waals surface area contributed by atoms with E-state index < -0.39 is 5.41 Å². The monoisotopic (exact) mass is 234 g/mol. The Balaban J connectivity index is 2.16. The molecular formula is C10H7ClN4O. The van der Waals surface area contributed by atoms with E-state index in [0.29, 0.717) is 29.7 Å². The molecule has 0 saturated carbocycles. The number of hydrogen-bond acceptors (Lipinski definition) is 4. The molecule has 0 atom stereocenters. The van der Waals surface area contributed by atoms with Gasteiger partial charge >= 0.3 is 0 Å². The van der Waals surface area contributed by atoms with Crippen LogP contribution in [0.3, 0.4) is 0 Å². The quantitative estimate of drug-likeness (QED) is 0.743. The first-order chi connectivity index (χ1) is 7.73. The second-order valence-electron chi connectivity index (χ2n) is 3.77. The number of pyridine rings is 1. The zero-order valence-corrected chi connectivity index (χ0v) is 8.98. The van der Waals surface area contributed by atoms with Crippen molar-refractivity contribution in [1.29, 1.82) is 5.26 Å². The van der Waals surface area contributed by atoms with E-state index in [1.54, 1.807) is 22.8 Å². The molecule has 1 fully saturated rings. The summed E-state index contributed by atoms with van der Waals surface area (Å²) in [5, 5.41) is 14.0. The molecule has 0 aliphatic carbocycles. The summed E-state index contributed by atoms with van der Waals surface area (Å²) < 4.78 is 6.64. The molecule has 3 heterocycles. The standard InChI is InChI=1S/C10H7ClN4O/c11-7-1-2-8-13-9(14-15(8)3-7)10(4-12)5-16-6-10/h1-3H,5-6H2. The molecule has 1 aliphatic rings. The lowest BCUT2D eigenvalue weighted by Gasteiger charge is -2.31. The highest BCUT2D eigenvalue weighted by molar-refractivity contribution is 6.30. The van der Waals surface area contributed by atoms with Crippen molar-refractivity contribution in [3.8, 4) is 6.07 Å². The highest BCUT2D eigenvalue weighted by Gasteiger charge is 2.44. The Morgan fingerprint density at radius 3 is 2.94 bits per heavy atom. The van der Waals surface area contributed by atoms with Crippen LogP contribution in [-0.2, 0) is 10.2 Å². The van der Waals surface area contributed by atoms with Gasteiger partial charge < -0.3 is 4.74 Å². The Bertz CT molecular complexity index is 596. The molecule has 0 aromatic carbocycles. The second kappa shape index (κ2) is 3.17. The highest BCUT2D eigenvalue weighted by atomic mass is 35.5. The molecule has 0 radical (unpaired) electrons. The third kappa shape index (κ3) is 1.21. The van der Waals surface area contributed by atoms with Gasteiger partial charge in [0.25, 0.3) is 0 Å². The van der Waals surface area contributed by atoms with Crippen LogP contribution in [0.1, 0.15) is 5.82 Å².